The quantitative estimate of drug-likeness (QED) is 0.443. The summed E-state index contributed by atoms with van der Waals surface area (Å²) in [4.78, 5) is 0. The van der Waals surface area contributed by atoms with Gasteiger partial charge in [-0.3, -0.25) is 0 Å². The summed E-state index contributed by atoms with van der Waals surface area (Å²) in [7, 11) is -0.726. The van der Waals surface area contributed by atoms with Crippen LogP contribution in [0.1, 0.15) is 20.3 Å². The van der Waals surface area contributed by atoms with Crippen molar-refractivity contribution in [3.8, 4) is 0 Å². The Balaban J connectivity index is 3.04. The molecule has 0 fully saturated rings. The molecule has 0 amide bonds. The van der Waals surface area contributed by atoms with Crippen LogP contribution in [-0.4, -0.2) is 12.9 Å². The minimum absolute atomic E-state index is 0.333. The van der Waals surface area contributed by atoms with Gasteiger partial charge in [-0.15, -0.1) is 4.52 Å². The van der Waals surface area contributed by atoms with Gasteiger partial charge in [0, 0.05) is 6.61 Å². The van der Waals surface area contributed by atoms with Crippen molar-refractivity contribution in [1.29, 1.82) is 0 Å². The molecule has 0 aromatic carbocycles. The van der Waals surface area contributed by atoms with Crippen molar-refractivity contribution in [2.75, 3.05) is 6.61 Å². The largest absolute Gasteiger partial charge is 0.496 e. The lowest BCUT2D eigenvalue weighted by Gasteiger charge is -2.02. The van der Waals surface area contributed by atoms with E-state index in [1.165, 1.54) is 0 Å². The Morgan fingerprint density at radius 1 is 1.67 bits per heavy atom. The van der Waals surface area contributed by atoms with Crippen molar-refractivity contribution < 1.29 is 13.8 Å². The Hall–Kier alpha value is 0.0200. The summed E-state index contributed by atoms with van der Waals surface area (Å²) in [5, 5.41) is 0. The fraction of sp³-hybridized carbons (Fsp3) is 1.00. The van der Waals surface area contributed by atoms with Crippen LogP contribution in [0.3, 0.4) is 0 Å². The van der Waals surface area contributed by atoms with Crippen LogP contribution in [0.4, 0.5) is 0 Å². The van der Waals surface area contributed by atoms with E-state index in [0.29, 0.717) is 6.61 Å². The second kappa shape index (κ2) is 6.14. The van der Waals surface area contributed by atoms with E-state index in [1.54, 1.807) is 6.92 Å². The highest BCUT2D eigenvalue weighted by atomic mass is 31.1. The van der Waals surface area contributed by atoms with Crippen LogP contribution in [0.2, 0.25) is 0 Å². The third kappa shape index (κ3) is 5.90. The van der Waals surface area contributed by atoms with Crippen molar-refractivity contribution in [3.63, 3.8) is 0 Å². The SMILES string of the molecule is CCCOC(C)O[PH+]=O. The zero-order valence-corrected chi connectivity index (χ0v) is 6.72. The first kappa shape index (κ1) is 9.02. The molecule has 0 rings (SSSR count). The topological polar surface area (TPSA) is 35.5 Å². The molecule has 0 aliphatic carbocycles. The van der Waals surface area contributed by atoms with Gasteiger partial charge < -0.3 is 4.74 Å². The van der Waals surface area contributed by atoms with E-state index in [2.05, 4.69) is 4.52 Å². The molecule has 2 atom stereocenters. The van der Waals surface area contributed by atoms with Gasteiger partial charge in [0.15, 0.2) is 0 Å². The monoisotopic (exact) mass is 151 g/mol. The number of hydrogen-bond donors (Lipinski definition) is 0. The van der Waals surface area contributed by atoms with E-state index in [-0.39, 0.29) is 6.29 Å². The molecule has 3 nitrogen and oxygen atoms in total. The van der Waals surface area contributed by atoms with Crippen LogP contribution < -0.4 is 0 Å². The van der Waals surface area contributed by atoms with Crippen LogP contribution in [0, 0.1) is 0 Å². The second-order valence-electron chi connectivity index (χ2n) is 1.64. The minimum atomic E-state index is -0.726. The van der Waals surface area contributed by atoms with E-state index in [1.807, 2.05) is 6.92 Å². The Bertz CT molecular complexity index is 76.6. The van der Waals surface area contributed by atoms with Gasteiger partial charge in [0.25, 0.3) is 0 Å². The number of rotatable bonds is 5. The first-order valence-electron chi connectivity index (χ1n) is 2.95. The molecule has 0 saturated heterocycles. The Morgan fingerprint density at radius 3 is 2.78 bits per heavy atom. The first-order valence-corrected chi connectivity index (χ1v) is 3.77. The van der Waals surface area contributed by atoms with E-state index >= 15 is 0 Å². The van der Waals surface area contributed by atoms with Crippen molar-refractivity contribution in [3.05, 3.63) is 0 Å². The van der Waals surface area contributed by atoms with Crippen LogP contribution in [-0.2, 0) is 13.8 Å². The van der Waals surface area contributed by atoms with Crippen molar-refractivity contribution in [2.45, 2.75) is 26.6 Å². The van der Waals surface area contributed by atoms with Gasteiger partial charge in [-0.2, -0.15) is 0 Å². The molecule has 9 heavy (non-hydrogen) atoms. The van der Waals surface area contributed by atoms with Crippen LogP contribution in [0.25, 0.3) is 0 Å². The number of hydrogen-bond acceptors (Lipinski definition) is 3. The molecule has 0 aromatic rings. The summed E-state index contributed by atoms with van der Waals surface area (Å²) in [6.07, 6.45) is 0.621. The van der Waals surface area contributed by atoms with Crippen LogP contribution >= 0.6 is 8.69 Å². The average Bonchev–Trinajstić information content (AvgIpc) is 1.85. The van der Waals surface area contributed by atoms with Crippen LogP contribution in [0.15, 0.2) is 0 Å². The third-order valence-corrected chi connectivity index (χ3v) is 1.20. The lowest BCUT2D eigenvalue weighted by molar-refractivity contribution is -0.0592. The normalized spacial score (nSPS) is 14.0. The highest BCUT2D eigenvalue weighted by Crippen LogP contribution is 2.03. The zero-order chi connectivity index (χ0) is 7.11. The molecular formula is C5H12O3P+. The maximum Gasteiger partial charge on any atom is 0.496 e. The fourth-order valence-electron chi connectivity index (χ4n) is 0.386. The maximum atomic E-state index is 9.83. The maximum absolute atomic E-state index is 9.83. The second-order valence-corrected chi connectivity index (χ2v) is 2.04. The van der Waals surface area contributed by atoms with Gasteiger partial charge >= 0.3 is 8.69 Å². The Labute approximate surface area is 56.6 Å². The predicted octanol–water partition coefficient (Wildman–Crippen LogP) is 1.71. The standard InChI is InChI=1S/C5H12O3P/c1-3-4-7-5(2)8-9-6/h5,9H,3-4H2,1-2H3/q+1. The highest BCUT2D eigenvalue weighted by molar-refractivity contribution is 7.17. The molecule has 0 bridgehead atoms. The molecule has 54 valence electrons. The average molecular weight is 151 g/mol. The lowest BCUT2D eigenvalue weighted by Crippen LogP contribution is -2.07. The summed E-state index contributed by atoms with van der Waals surface area (Å²) in [5.74, 6) is 0. The van der Waals surface area contributed by atoms with Crippen molar-refractivity contribution in [1.82, 2.24) is 0 Å². The predicted molar refractivity (Wildman–Crippen MR) is 35.8 cm³/mol. The molecule has 4 heteroatoms. The summed E-state index contributed by atoms with van der Waals surface area (Å²) in [6, 6.07) is 0. The molecule has 0 aliphatic rings. The summed E-state index contributed by atoms with van der Waals surface area (Å²) < 4.78 is 19.4. The Kier molecular flexibility index (Phi) is 6.16. The van der Waals surface area contributed by atoms with Gasteiger partial charge in [-0.1, -0.05) is 6.92 Å². The van der Waals surface area contributed by atoms with E-state index in [0.717, 1.165) is 6.42 Å². The summed E-state index contributed by atoms with van der Waals surface area (Å²) >= 11 is 0. The summed E-state index contributed by atoms with van der Waals surface area (Å²) in [6.45, 7) is 4.39. The minimum Gasteiger partial charge on any atom is -0.349 e. The molecule has 0 saturated carbocycles. The molecule has 0 radical (unpaired) electrons. The van der Waals surface area contributed by atoms with Gasteiger partial charge in [-0.25, -0.2) is 0 Å². The number of ether oxygens (including phenoxy) is 1. The first-order chi connectivity index (χ1) is 4.31. The molecule has 0 heterocycles. The zero-order valence-electron chi connectivity index (χ0n) is 5.72. The van der Waals surface area contributed by atoms with E-state index in [4.69, 9.17) is 4.74 Å². The molecule has 0 aromatic heterocycles. The molecule has 0 aliphatic heterocycles. The molecule has 2 unspecified atom stereocenters. The Morgan fingerprint density at radius 2 is 2.33 bits per heavy atom. The van der Waals surface area contributed by atoms with E-state index < -0.39 is 8.69 Å². The lowest BCUT2D eigenvalue weighted by atomic mass is 10.5. The molecular weight excluding hydrogens is 139 g/mol. The molecule has 0 spiro atoms. The smallest absolute Gasteiger partial charge is 0.349 e. The fourth-order valence-corrected chi connectivity index (χ4v) is 0.589. The van der Waals surface area contributed by atoms with Crippen molar-refractivity contribution >= 4 is 8.69 Å². The molecule has 0 N–H and O–H groups in total. The summed E-state index contributed by atoms with van der Waals surface area (Å²) in [5.41, 5.74) is 0. The van der Waals surface area contributed by atoms with Crippen molar-refractivity contribution in [2.24, 2.45) is 0 Å². The van der Waals surface area contributed by atoms with Gasteiger partial charge in [0.1, 0.15) is 0 Å². The van der Waals surface area contributed by atoms with Gasteiger partial charge in [-0.05, 0) is 17.9 Å². The third-order valence-electron chi connectivity index (χ3n) is 0.771. The van der Waals surface area contributed by atoms with Gasteiger partial charge in [0.2, 0.25) is 6.29 Å². The van der Waals surface area contributed by atoms with E-state index in [9.17, 15) is 4.57 Å². The van der Waals surface area contributed by atoms with Gasteiger partial charge in [0.05, 0.1) is 0 Å². The van der Waals surface area contributed by atoms with Crippen LogP contribution in [0.5, 0.6) is 0 Å². The highest BCUT2D eigenvalue weighted by Gasteiger charge is 2.04.